The van der Waals surface area contributed by atoms with Gasteiger partial charge < -0.3 is 15.2 Å². The van der Waals surface area contributed by atoms with Crippen LogP contribution in [-0.2, 0) is 6.54 Å². The third-order valence-electron chi connectivity index (χ3n) is 3.37. The van der Waals surface area contributed by atoms with Gasteiger partial charge in [0.15, 0.2) is 0 Å². The van der Waals surface area contributed by atoms with Crippen LogP contribution in [0, 0.1) is 0 Å². The molecule has 0 unspecified atom stereocenters. The highest BCUT2D eigenvalue weighted by Gasteiger charge is 2.19. The summed E-state index contributed by atoms with van der Waals surface area (Å²) >= 11 is 0. The highest BCUT2D eigenvalue weighted by atomic mass is 16.5. The first-order valence-electron chi connectivity index (χ1n) is 7.62. The van der Waals surface area contributed by atoms with Crippen molar-refractivity contribution in [2.75, 3.05) is 26.8 Å². The Balaban J connectivity index is 2.69. The Morgan fingerprint density at radius 3 is 2.48 bits per heavy atom. The summed E-state index contributed by atoms with van der Waals surface area (Å²) in [4.78, 5) is 2.32. The predicted octanol–water partition coefficient (Wildman–Crippen LogP) is 2.27. The number of hydrogen-bond donors (Lipinski definition) is 2. The lowest BCUT2D eigenvalue weighted by Crippen LogP contribution is -2.50. The van der Waals surface area contributed by atoms with Crippen LogP contribution >= 0.6 is 0 Å². The molecule has 4 nitrogen and oxygen atoms in total. The fourth-order valence-electron chi connectivity index (χ4n) is 2.45. The normalized spacial score (nSPS) is 13.5. The highest BCUT2D eigenvalue weighted by molar-refractivity contribution is 5.33. The lowest BCUT2D eigenvalue weighted by Gasteiger charge is -2.31. The van der Waals surface area contributed by atoms with Gasteiger partial charge in [0.25, 0.3) is 0 Å². The van der Waals surface area contributed by atoms with E-state index >= 15 is 0 Å². The van der Waals surface area contributed by atoms with Gasteiger partial charge in [-0.2, -0.15) is 0 Å². The van der Waals surface area contributed by atoms with Crippen LogP contribution in [0.3, 0.4) is 0 Å². The maximum Gasteiger partial charge on any atom is 0.123 e. The minimum atomic E-state index is -0.00273. The maximum absolute atomic E-state index is 9.59. The third kappa shape index (κ3) is 6.46. The topological polar surface area (TPSA) is 44.7 Å². The number of nitrogens with zero attached hydrogens (tertiary/aromatic N) is 1. The first-order chi connectivity index (χ1) is 9.89. The number of rotatable bonds is 8. The van der Waals surface area contributed by atoms with Crippen molar-refractivity contribution in [3.63, 3.8) is 0 Å². The Labute approximate surface area is 129 Å². The van der Waals surface area contributed by atoms with Gasteiger partial charge in [-0.15, -0.1) is 0 Å². The molecule has 21 heavy (non-hydrogen) atoms. The van der Waals surface area contributed by atoms with Gasteiger partial charge in [-0.25, -0.2) is 0 Å². The lowest BCUT2D eigenvalue weighted by atomic mass is 10.1. The minimum absolute atomic E-state index is 0.00273. The minimum Gasteiger partial charge on any atom is -0.496 e. The largest absolute Gasteiger partial charge is 0.496 e. The van der Waals surface area contributed by atoms with Gasteiger partial charge in [-0.3, -0.25) is 4.90 Å². The first kappa shape index (κ1) is 18.0. The van der Waals surface area contributed by atoms with E-state index in [1.807, 2.05) is 18.2 Å². The molecule has 2 N–H and O–H groups in total. The van der Waals surface area contributed by atoms with Crippen molar-refractivity contribution >= 4 is 0 Å². The molecule has 0 fully saturated rings. The van der Waals surface area contributed by atoms with E-state index < -0.39 is 0 Å². The molecule has 0 radical (unpaired) electrons. The molecule has 0 bridgehead atoms. The highest BCUT2D eigenvalue weighted by Crippen LogP contribution is 2.19. The zero-order valence-electron chi connectivity index (χ0n) is 14.0. The van der Waals surface area contributed by atoms with Crippen LogP contribution in [-0.4, -0.2) is 48.4 Å². The molecule has 1 aromatic carbocycles. The summed E-state index contributed by atoms with van der Waals surface area (Å²) in [6, 6.07) is 8.16. The predicted molar refractivity (Wildman–Crippen MR) is 87.7 cm³/mol. The van der Waals surface area contributed by atoms with E-state index in [2.05, 4.69) is 44.0 Å². The van der Waals surface area contributed by atoms with E-state index in [0.717, 1.165) is 25.4 Å². The van der Waals surface area contributed by atoms with Crippen molar-refractivity contribution in [3.05, 3.63) is 29.8 Å². The van der Waals surface area contributed by atoms with Gasteiger partial charge in [0.05, 0.1) is 13.7 Å². The van der Waals surface area contributed by atoms with E-state index in [1.54, 1.807) is 7.11 Å². The van der Waals surface area contributed by atoms with Crippen LogP contribution in [0.2, 0.25) is 0 Å². The van der Waals surface area contributed by atoms with Gasteiger partial charge in [-0.1, -0.05) is 25.1 Å². The quantitative estimate of drug-likeness (QED) is 0.772. The zero-order valence-corrected chi connectivity index (χ0v) is 14.0. The summed E-state index contributed by atoms with van der Waals surface area (Å²) in [6.45, 7) is 11.2. The molecule has 0 aliphatic heterocycles. The molecule has 4 heteroatoms. The van der Waals surface area contributed by atoms with Gasteiger partial charge >= 0.3 is 0 Å². The molecule has 1 rings (SSSR count). The average molecular weight is 294 g/mol. The molecule has 0 heterocycles. The Kier molecular flexibility index (Phi) is 7.15. The van der Waals surface area contributed by atoms with E-state index in [1.165, 1.54) is 5.56 Å². The molecule has 0 saturated carbocycles. The van der Waals surface area contributed by atoms with E-state index in [-0.39, 0.29) is 18.2 Å². The van der Waals surface area contributed by atoms with Gasteiger partial charge in [0, 0.05) is 30.2 Å². The number of aliphatic hydroxyl groups excluding tert-OH is 1. The Morgan fingerprint density at radius 2 is 1.95 bits per heavy atom. The van der Waals surface area contributed by atoms with Gasteiger partial charge in [0.1, 0.15) is 5.75 Å². The lowest BCUT2D eigenvalue weighted by molar-refractivity contribution is 0.161. The molecule has 0 saturated heterocycles. The molecule has 0 amide bonds. The summed E-state index contributed by atoms with van der Waals surface area (Å²) in [5.41, 5.74) is 1.17. The van der Waals surface area contributed by atoms with Crippen LogP contribution in [0.4, 0.5) is 0 Å². The van der Waals surface area contributed by atoms with Crippen molar-refractivity contribution in [2.45, 2.75) is 45.8 Å². The number of methoxy groups -OCH3 is 1. The van der Waals surface area contributed by atoms with E-state index in [9.17, 15) is 5.11 Å². The molecule has 0 aliphatic carbocycles. The summed E-state index contributed by atoms with van der Waals surface area (Å²) in [5.74, 6) is 0.917. The molecule has 0 aliphatic rings. The molecule has 1 aromatic rings. The number of nitrogens with one attached hydrogen (secondary N) is 1. The molecule has 0 aromatic heterocycles. The Bertz CT molecular complexity index is 415. The van der Waals surface area contributed by atoms with Crippen LogP contribution in [0.15, 0.2) is 24.3 Å². The molecule has 120 valence electrons. The van der Waals surface area contributed by atoms with Crippen LogP contribution in [0.25, 0.3) is 0 Å². The first-order valence-corrected chi connectivity index (χ1v) is 7.62. The Hall–Kier alpha value is -1.10. The average Bonchev–Trinajstić information content (AvgIpc) is 2.44. The zero-order chi connectivity index (χ0) is 15.9. The Morgan fingerprint density at radius 1 is 1.29 bits per heavy atom. The fraction of sp³-hybridized carbons (Fsp3) is 0.647. The number of likely N-dealkylation sites (N-methyl/N-ethyl adjacent to an activating group) is 1. The second-order valence-corrected chi connectivity index (χ2v) is 6.41. The smallest absolute Gasteiger partial charge is 0.123 e. The van der Waals surface area contributed by atoms with Crippen molar-refractivity contribution in [1.29, 1.82) is 0 Å². The van der Waals surface area contributed by atoms with Crippen LogP contribution in [0.5, 0.6) is 5.75 Å². The van der Waals surface area contributed by atoms with Gasteiger partial charge in [-0.05, 0) is 33.4 Å². The molecular weight excluding hydrogens is 264 g/mol. The van der Waals surface area contributed by atoms with Crippen LogP contribution in [0.1, 0.15) is 33.3 Å². The van der Waals surface area contributed by atoms with Gasteiger partial charge in [0.2, 0.25) is 0 Å². The summed E-state index contributed by atoms with van der Waals surface area (Å²) in [6.07, 6.45) is 0. The number of benzene rings is 1. The fourth-order valence-corrected chi connectivity index (χ4v) is 2.45. The number of ether oxygens (including phenoxy) is 1. The summed E-state index contributed by atoms with van der Waals surface area (Å²) < 4.78 is 5.41. The van der Waals surface area contributed by atoms with Crippen LogP contribution < -0.4 is 10.1 Å². The maximum atomic E-state index is 9.59. The van der Waals surface area contributed by atoms with Crippen molar-refractivity contribution in [1.82, 2.24) is 10.2 Å². The number of para-hydroxylation sites is 1. The standard InChI is InChI=1S/C17H30N2O2/c1-6-19(12-15(13-20)18-17(2,3)4)11-14-9-7-8-10-16(14)21-5/h7-10,15,18,20H,6,11-13H2,1-5H3/t15-/m1/s1. The van der Waals surface area contributed by atoms with Crippen molar-refractivity contribution in [2.24, 2.45) is 0 Å². The SMILES string of the molecule is CCN(Cc1ccccc1OC)C[C@H](CO)NC(C)(C)C. The third-order valence-corrected chi connectivity index (χ3v) is 3.37. The van der Waals surface area contributed by atoms with Crippen molar-refractivity contribution < 1.29 is 9.84 Å². The van der Waals surface area contributed by atoms with E-state index in [4.69, 9.17) is 4.74 Å². The second-order valence-electron chi connectivity index (χ2n) is 6.41. The number of aliphatic hydroxyl groups is 1. The monoisotopic (exact) mass is 294 g/mol. The number of hydrogen-bond acceptors (Lipinski definition) is 4. The summed E-state index contributed by atoms with van der Waals surface area (Å²) in [7, 11) is 1.70. The second kappa shape index (κ2) is 8.37. The van der Waals surface area contributed by atoms with Crippen molar-refractivity contribution in [3.8, 4) is 5.75 Å². The molecule has 1 atom stereocenters. The molecule has 0 spiro atoms. The van der Waals surface area contributed by atoms with E-state index in [0.29, 0.717) is 0 Å². The molecular formula is C17H30N2O2. The summed E-state index contributed by atoms with van der Waals surface area (Å²) in [5, 5.41) is 13.0.